The molecule has 0 aliphatic heterocycles. The van der Waals surface area contributed by atoms with Gasteiger partial charge in [-0.3, -0.25) is 0 Å². The van der Waals surface area contributed by atoms with Crippen LogP contribution in [-0.2, 0) is 5.41 Å². The number of nitrogens with zero attached hydrogens (tertiary/aromatic N) is 1. The van der Waals surface area contributed by atoms with E-state index in [1.807, 2.05) is 0 Å². The van der Waals surface area contributed by atoms with E-state index in [1.165, 1.54) is 116 Å². The predicted octanol–water partition coefficient (Wildman–Crippen LogP) is 16.0. The molecule has 11 rings (SSSR count). The number of rotatable bonds is 5. The number of anilines is 3. The molecular formula is C57H43N. The van der Waals surface area contributed by atoms with Gasteiger partial charge in [-0.2, -0.15) is 0 Å². The van der Waals surface area contributed by atoms with E-state index in [0.717, 1.165) is 0 Å². The van der Waals surface area contributed by atoms with Gasteiger partial charge < -0.3 is 4.90 Å². The molecule has 0 saturated heterocycles. The number of benzene rings is 10. The zero-order valence-electron chi connectivity index (χ0n) is 33.3. The van der Waals surface area contributed by atoms with E-state index in [2.05, 4.69) is 221 Å². The molecule has 0 atom stereocenters. The lowest BCUT2D eigenvalue weighted by Gasteiger charge is -2.28. The molecule has 0 radical (unpaired) electrons. The fourth-order valence-electron chi connectivity index (χ4n) is 9.83. The monoisotopic (exact) mass is 741 g/mol. The Labute approximate surface area is 340 Å². The molecular weight excluding hydrogens is 699 g/mol. The second kappa shape index (κ2) is 13.0. The molecule has 0 saturated carbocycles. The molecule has 0 aromatic heterocycles. The Morgan fingerprint density at radius 3 is 1.40 bits per heavy atom. The van der Waals surface area contributed by atoms with Crippen molar-refractivity contribution in [3.8, 4) is 33.4 Å². The molecule has 276 valence electrons. The molecule has 0 amide bonds. The van der Waals surface area contributed by atoms with Crippen molar-refractivity contribution in [1.82, 2.24) is 0 Å². The fraction of sp³-hybridized carbons (Fsp3) is 0.0877. The highest BCUT2D eigenvalue weighted by Gasteiger charge is 2.36. The molecule has 0 N–H and O–H groups in total. The van der Waals surface area contributed by atoms with Crippen molar-refractivity contribution in [1.29, 1.82) is 0 Å². The van der Waals surface area contributed by atoms with E-state index < -0.39 is 0 Å². The van der Waals surface area contributed by atoms with Gasteiger partial charge in [-0.1, -0.05) is 141 Å². The third kappa shape index (κ3) is 5.38. The number of fused-ring (bicyclic) bond motifs is 7. The van der Waals surface area contributed by atoms with Gasteiger partial charge >= 0.3 is 0 Å². The first kappa shape index (κ1) is 34.3. The van der Waals surface area contributed by atoms with Crippen LogP contribution in [0.5, 0.6) is 0 Å². The average Bonchev–Trinajstić information content (AvgIpc) is 3.46. The van der Waals surface area contributed by atoms with Crippen LogP contribution in [0.4, 0.5) is 17.1 Å². The number of hydrogen-bond donors (Lipinski definition) is 0. The van der Waals surface area contributed by atoms with Gasteiger partial charge in [-0.25, -0.2) is 0 Å². The maximum atomic E-state index is 2.50. The smallest absolute Gasteiger partial charge is 0.0465 e. The van der Waals surface area contributed by atoms with E-state index in [0.29, 0.717) is 0 Å². The van der Waals surface area contributed by atoms with Crippen LogP contribution in [0, 0.1) is 13.8 Å². The summed E-state index contributed by atoms with van der Waals surface area (Å²) in [6.45, 7) is 9.15. The van der Waals surface area contributed by atoms with Gasteiger partial charge in [0.25, 0.3) is 0 Å². The maximum absolute atomic E-state index is 2.50. The van der Waals surface area contributed by atoms with E-state index >= 15 is 0 Å². The van der Waals surface area contributed by atoms with Crippen molar-refractivity contribution in [2.24, 2.45) is 0 Å². The second-order valence-corrected chi connectivity index (χ2v) is 16.7. The summed E-state index contributed by atoms with van der Waals surface area (Å²) in [5, 5.41) is 10.1. The predicted molar refractivity (Wildman–Crippen MR) is 249 cm³/mol. The Hall–Kier alpha value is -6.96. The van der Waals surface area contributed by atoms with E-state index in [-0.39, 0.29) is 5.41 Å². The van der Waals surface area contributed by atoms with Crippen molar-refractivity contribution in [3.63, 3.8) is 0 Å². The van der Waals surface area contributed by atoms with Crippen LogP contribution < -0.4 is 4.90 Å². The number of aryl methyl sites for hydroxylation is 2. The molecule has 0 bridgehead atoms. The average molecular weight is 742 g/mol. The minimum atomic E-state index is -0.217. The Balaban J connectivity index is 1.11. The van der Waals surface area contributed by atoms with Crippen molar-refractivity contribution in [3.05, 3.63) is 210 Å². The minimum Gasteiger partial charge on any atom is -0.310 e. The lowest BCUT2D eigenvalue weighted by molar-refractivity contribution is 0.660. The van der Waals surface area contributed by atoms with Gasteiger partial charge in [-0.15, -0.1) is 0 Å². The standard InChI is InChI=1S/C57H43N/c1-36-13-11-19-44(29-36)58(45-20-12-14-37(2)30-45)46-26-28-48-47-27-25-43(34-53(47)57(3,4)54(48)35-46)56-50-22-10-9-21-49(50)55(42-24-23-38-15-5-6-16-39(38)31-42)51-32-40-17-7-8-18-41(40)33-52(51)56/h5-35H,1-4H3. The van der Waals surface area contributed by atoms with Crippen LogP contribution in [0.3, 0.4) is 0 Å². The highest BCUT2D eigenvalue weighted by atomic mass is 15.1. The van der Waals surface area contributed by atoms with Crippen LogP contribution in [0.1, 0.15) is 36.1 Å². The molecule has 0 fully saturated rings. The van der Waals surface area contributed by atoms with Gasteiger partial charge in [0, 0.05) is 22.5 Å². The highest BCUT2D eigenvalue weighted by molar-refractivity contribution is 6.24. The van der Waals surface area contributed by atoms with Crippen molar-refractivity contribution in [2.75, 3.05) is 4.90 Å². The zero-order chi connectivity index (χ0) is 39.1. The van der Waals surface area contributed by atoms with Crippen LogP contribution in [0.25, 0.3) is 76.5 Å². The van der Waals surface area contributed by atoms with Gasteiger partial charge in [-0.05, 0) is 173 Å². The van der Waals surface area contributed by atoms with Crippen molar-refractivity contribution < 1.29 is 0 Å². The second-order valence-electron chi connectivity index (χ2n) is 16.7. The normalized spacial score (nSPS) is 13.0. The highest BCUT2D eigenvalue weighted by Crippen LogP contribution is 2.53. The summed E-state index contributed by atoms with van der Waals surface area (Å²) in [6, 6.07) is 70.3. The van der Waals surface area contributed by atoms with Crippen LogP contribution in [-0.4, -0.2) is 0 Å². The fourth-order valence-corrected chi connectivity index (χ4v) is 9.83. The van der Waals surface area contributed by atoms with E-state index in [4.69, 9.17) is 0 Å². The Bertz CT molecular complexity index is 3250. The summed E-state index contributed by atoms with van der Waals surface area (Å²) in [6.07, 6.45) is 0. The summed E-state index contributed by atoms with van der Waals surface area (Å²) < 4.78 is 0. The summed E-state index contributed by atoms with van der Waals surface area (Å²) in [7, 11) is 0. The maximum Gasteiger partial charge on any atom is 0.0465 e. The molecule has 10 aromatic rings. The summed E-state index contributed by atoms with van der Waals surface area (Å²) in [5.74, 6) is 0. The van der Waals surface area contributed by atoms with Gasteiger partial charge in [0.1, 0.15) is 0 Å². The third-order valence-corrected chi connectivity index (χ3v) is 12.7. The van der Waals surface area contributed by atoms with E-state index in [1.54, 1.807) is 0 Å². The first-order valence-corrected chi connectivity index (χ1v) is 20.4. The largest absolute Gasteiger partial charge is 0.310 e. The molecule has 1 nitrogen and oxygen atoms in total. The quantitative estimate of drug-likeness (QED) is 0.159. The summed E-state index contributed by atoms with van der Waals surface area (Å²) in [5.41, 5.74) is 16.2. The van der Waals surface area contributed by atoms with Gasteiger partial charge in [0.05, 0.1) is 0 Å². The Morgan fingerprint density at radius 2 is 0.810 bits per heavy atom. The molecule has 0 heterocycles. The third-order valence-electron chi connectivity index (χ3n) is 12.7. The van der Waals surface area contributed by atoms with Crippen LogP contribution in [0.15, 0.2) is 188 Å². The molecule has 1 heteroatoms. The number of hydrogen-bond acceptors (Lipinski definition) is 1. The first-order chi connectivity index (χ1) is 28.3. The molecule has 1 aliphatic carbocycles. The van der Waals surface area contributed by atoms with Crippen LogP contribution in [0.2, 0.25) is 0 Å². The molecule has 10 aromatic carbocycles. The van der Waals surface area contributed by atoms with Gasteiger partial charge in [0.15, 0.2) is 0 Å². The molecule has 0 spiro atoms. The van der Waals surface area contributed by atoms with Crippen molar-refractivity contribution in [2.45, 2.75) is 33.1 Å². The summed E-state index contributed by atoms with van der Waals surface area (Å²) in [4.78, 5) is 2.41. The first-order valence-electron chi connectivity index (χ1n) is 20.4. The molecule has 1 aliphatic rings. The lowest BCUT2D eigenvalue weighted by atomic mass is 9.80. The van der Waals surface area contributed by atoms with Crippen LogP contribution >= 0.6 is 0 Å². The van der Waals surface area contributed by atoms with E-state index in [9.17, 15) is 0 Å². The topological polar surface area (TPSA) is 3.24 Å². The zero-order valence-corrected chi connectivity index (χ0v) is 33.3. The SMILES string of the molecule is Cc1cccc(N(c2cccc(C)c2)c2ccc3c(c2)C(C)(C)c2cc(-c4c5ccccc5c(-c5ccc6ccccc6c5)c5cc6ccccc6cc45)ccc2-3)c1. The Kier molecular flexibility index (Phi) is 7.72. The lowest BCUT2D eigenvalue weighted by Crippen LogP contribution is -2.16. The Morgan fingerprint density at radius 1 is 0.345 bits per heavy atom. The minimum absolute atomic E-state index is 0.217. The molecule has 58 heavy (non-hydrogen) atoms. The van der Waals surface area contributed by atoms with Crippen molar-refractivity contribution >= 4 is 60.2 Å². The van der Waals surface area contributed by atoms with Gasteiger partial charge in [0.2, 0.25) is 0 Å². The summed E-state index contributed by atoms with van der Waals surface area (Å²) >= 11 is 0. The molecule has 0 unspecified atom stereocenters.